The lowest BCUT2D eigenvalue weighted by atomic mass is 10.1. The Hall–Kier alpha value is -0.340. The van der Waals surface area contributed by atoms with Crippen molar-refractivity contribution in [2.75, 3.05) is 0 Å². The Labute approximate surface area is 55.8 Å². The molecule has 0 spiro atoms. The Balaban J connectivity index is 3.58. The van der Waals surface area contributed by atoms with Crippen molar-refractivity contribution < 1.29 is 10.2 Å². The molecular weight excluding hydrogens is 116 g/mol. The molecule has 2 N–H and O–H groups in total. The lowest BCUT2D eigenvalue weighted by molar-refractivity contribution is 0.0465. The van der Waals surface area contributed by atoms with Gasteiger partial charge in [-0.2, -0.15) is 0 Å². The monoisotopic (exact) mass is 130 g/mol. The molecule has 2 atom stereocenters. The summed E-state index contributed by atoms with van der Waals surface area (Å²) in [6.07, 6.45) is 2.59. The number of allylic oxidation sites excluding steroid dienone is 1. The number of hydrogen-bond acceptors (Lipinski definition) is 2. The predicted octanol–water partition coefficient (Wildman–Crippen LogP) is 0.694. The zero-order valence-corrected chi connectivity index (χ0v) is 5.91. The summed E-state index contributed by atoms with van der Waals surface area (Å²) < 4.78 is 0. The van der Waals surface area contributed by atoms with Crippen LogP contribution in [0.1, 0.15) is 20.3 Å². The van der Waals surface area contributed by atoms with E-state index in [4.69, 9.17) is 10.2 Å². The molecule has 9 heavy (non-hydrogen) atoms. The van der Waals surface area contributed by atoms with Crippen LogP contribution in [0, 0.1) is 0 Å². The van der Waals surface area contributed by atoms with Crippen molar-refractivity contribution in [3.05, 3.63) is 12.2 Å². The Morgan fingerprint density at radius 3 is 2.33 bits per heavy atom. The van der Waals surface area contributed by atoms with Gasteiger partial charge in [-0.25, -0.2) is 0 Å². The third kappa shape index (κ3) is 3.27. The fraction of sp³-hybridized carbons (Fsp3) is 0.714. The number of rotatable bonds is 3. The van der Waals surface area contributed by atoms with E-state index in [9.17, 15) is 0 Å². The van der Waals surface area contributed by atoms with E-state index in [2.05, 4.69) is 0 Å². The van der Waals surface area contributed by atoms with Gasteiger partial charge >= 0.3 is 0 Å². The van der Waals surface area contributed by atoms with Gasteiger partial charge < -0.3 is 10.2 Å². The van der Waals surface area contributed by atoms with Gasteiger partial charge in [0.2, 0.25) is 0 Å². The van der Waals surface area contributed by atoms with E-state index >= 15 is 0 Å². The van der Waals surface area contributed by atoms with Crippen molar-refractivity contribution in [2.45, 2.75) is 32.5 Å². The summed E-state index contributed by atoms with van der Waals surface area (Å²) in [5.74, 6) is 0. The largest absolute Gasteiger partial charge is 0.390 e. The molecule has 0 aliphatic carbocycles. The minimum Gasteiger partial charge on any atom is -0.390 e. The molecule has 2 nitrogen and oxygen atoms in total. The third-order valence-corrected chi connectivity index (χ3v) is 1.20. The molecular formula is C7H14O2. The molecule has 0 aliphatic heterocycles. The summed E-state index contributed by atoms with van der Waals surface area (Å²) >= 11 is 0. The van der Waals surface area contributed by atoms with Gasteiger partial charge in [0.25, 0.3) is 0 Å². The van der Waals surface area contributed by atoms with Crippen LogP contribution < -0.4 is 0 Å². The Morgan fingerprint density at radius 2 is 2.00 bits per heavy atom. The molecule has 2 unspecified atom stereocenters. The Bertz CT molecular complexity index is 88.9. The molecule has 0 saturated heterocycles. The van der Waals surface area contributed by atoms with E-state index in [-0.39, 0.29) is 0 Å². The third-order valence-electron chi connectivity index (χ3n) is 1.20. The van der Waals surface area contributed by atoms with Crippen LogP contribution >= 0.6 is 0 Å². The van der Waals surface area contributed by atoms with Crippen molar-refractivity contribution in [3.63, 3.8) is 0 Å². The summed E-state index contributed by atoms with van der Waals surface area (Å²) in [4.78, 5) is 0. The smallest absolute Gasteiger partial charge is 0.0979 e. The first-order chi connectivity index (χ1) is 4.22. The molecule has 0 aliphatic rings. The molecule has 54 valence electrons. The molecule has 0 heterocycles. The van der Waals surface area contributed by atoms with Crippen molar-refractivity contribution in [1.82, 2.24) is 0 Å². The second kappa shape index (κ2) is 4.53. The first-order valence-electron chi connectivity index (χ1n) is 3.21. The van der Waals surface area contributed by atoms with E-state index in [1.54, 1.807) is 12.2 Å². The number of aliphatic hydroxyl groups excluding tert-OH is 2. The van der Waals surface area contributed by atoms with Crippen LogP contribution in [0.5, 0.6) is 0 Å². The van der Waals surface area contributed by atoms with Crippen molar-refractivity contribution >= 4 is 0 Å². The molecule has 0 saturated carbocycles. The van der Waals surface area contributed by atoms with Gasteiger partial charge in [-0.1, -0.05) is 19.1 Å². The fourth-order valence-corrected chi connectivity index (χ4v) is 0.567. The highest BCUT2D eigenvalue weighted by atomic mass is 16.3. The van der Waals surface area contributed by atoms with E-state index in [0.29, 0.717) is 6.42 Å². The van der Waals surface area contributed by atoms with Gasteiger partial charge in [-0.15, -0.1) is 0 Å². The molecule has 0 aromatic rings. The summed E-state index contributed by atoms with van der Waals surface area (Å²) in [6, 6.07) is 0. The van der Waals surface area contributed by atoms with Crippen molar-refractivity contribution in [2.24, 2.45) is 0 Å². The van der Waals surface area contributed by atoms with Gasteiger partial charge in [0.1, 0.15) is 0 Å². The van der Waals surface area contributed by atoms with E-state index < -0.39 is 12.2 Å². The van der Waals surface area contributed by atoms with E-state index in [1.165, 1.54) is 0 Å². The molecule has 0 radical (unpaired) electrons. The van der Waals surface area contributed by atoms with Gasteiger partial charge in [0.05, 0.1) is 12.2 Å². The van der Waals surface area contributed by atoms with Gasteiger partial charge in [-0.3, -0.25) is 0 Å². The Morgan fingerprint density at radius 1 is 1.44 bits per heavy atom. The quantitative estimate of drug-likeness (QED) is 0.552. The first kappa shape index (κ1) is 8.66. The summed E-state index contributed by atoms with van der Waals surface area (Å²) in [5.41, 5.74) is 0. The first-order valence-corrected chi connectivity index (χ1v) is 3.21. The minimum absolute atomic E-state index is 0.589. The van der Waals surface area contributed by atoms with Crippen LogP contribution in [0.3, 0.4) is 0 Å². The normalized spacial score (nSPS) is 18.2. The van der Waals surface area contributed by atoms with Crippen LogP contribution in [0.15, 0.2) is 12.2 Å². The average molecular weight is 130 g/mol. The van der Waals surface area contributed by atoms with Crippen LogP contribution in [0.4, 0.5) is 0 Å². The molecule has 0 aromatic carbocycles. The number of hydrogen-bond donors (Lipinski definition) is 2. The van der Waals surface area contributed by atoms with Gasteiger partial charge in [0, 0.05) is 0 Å². The highest BCUT2D eigenvalue weighted by Crippen LogP contribution is 1.98. The molecule has 2 heteroatoms. The van der Waals surface area contributed by atoms with E-state index in [1.807, 2.05) is 13.8 Å². The van der Waals surface area contributed by atoms with Gasteiger partial charge in [0.15, 0.2) is 0 Å². The summed E-state index contributed by atoms with van der Waals surface area (Å²) in [6.45, 7) is 3.64. The molecule has 0 fully saturated rings. The summed E-state index contributed by atoms with van der Waals surface area (Å²) in [7, 11) is 0. The average Bonchev–Trinajstić information content (AvgIpc) is 1.87. The van der Waals surface area contributed by atoms with Crippen LogP contribution in [0.25, 0.3) is 0 Å². The SMILES string of the molecule is CC=CC(O)C(O)CC. The molecule has 0 rings (SSSR count). The minimum atomic E-state index is -0.694. The van der Waals surface area contributed by atoms with Gasteiger partial charge in [-0.05, 0) is 13.3 Å². The Kier molecular flexibility index (Phi) is 4.36. The maximum absolute atomic E-state index is 8.98. The molecule has 0 bridgehead atoms. The zero-order valence-electron chi connectivity index (χ0n) is 5.91. The predicted molar refractivity (Wildman–Crippen MR) is 37.1 cm³/mol. The van der Waals surface area contributed by atoms with Crippen molar-refractivity contribution in [3.8, 4) is 0 Å². The van der Waals surface area contributed by atoms with Crippen LogP contribution in [-0.2, 0) is 0 Å². The molecule has 0 amide bonds. The van der Waals surface area contributed by atoms with Crippen LogP contribution in [0.2, 0.25) is 0 Å². The fourth-order valence-electron chi connectivity index (χ4n) is 0.567. The standard InChI is InChI=1S/C7H14O2/c1-3-5-7(9)6(8)4-2/h3,5-9H,4H2,1-2H3. The lowest BCUT2D eigenvalue weighted by Gasteiger charge is -2.10. The van der Waals surface area contributed by atoms with Crippen LogP contribution in [-0.4, -0.2) is 22.4 Å². The second-order valence-electron chi connectivity index (χ2n) is 1.99. The molecule has 0 aromatic heterocycles. The summed E-state index contributed by atoms with van der Waals surface area (Å²) in [5, 5.41) is 17.9. The maximum atomic E-state index is 8.98. The lowest BCUT2D eigenvalue weighted by Crippen LogP contribution is -2.22. The van der Waals surface area contributed by atoms with Crippen molar-refractivity contribution in [1.29, 1.82) is 0 Å². The van der Waals surface area contributed by atoms with E-state index in [0.717, 1.165) is 0 Å². The zero-order chi connectivity index (χ0) is 7.28. The second-order valence-corrected chi connectivity index (χ2v) is 1.99. The maximum Gasteiger partial charge on any atom is 0.0979 e. The highest BCUT2D eigenvalue weighted by Gasteiger charge is 2.08. The number of aliphatic hydroxyl groups is 2. The topological polar surface area (TPSA) is 40.5 Å². The highest BCUT2D eigenvalue weighted by molar-refractivity contribution is 4.89.